The van der Waals surface area contributed by atoms with Gasteiger partial charge in [-0.15, -0.1) is 11.6 Å². The summed E-state index contributed by atoms with van der Waals surface area (Å²) < 4.78 is 0. The van der Waals surface area contributed by atoms with E-state index in [0.717, 1.165) is 31.8 Å². The standard InChI is InChI=1S/C11H21ClN2/c1-4-14-6-5-13(9-11(14)3)8-10(2)7-12/h11H,2,4-9H2,1,3H3. The van der Waals surface area contributed by atoms with E-state index in [4.69, 9.17) is 11.6 Å². The number of hydrogen-bond acceptors (Lipinski definition) is 2. The molecule has 0 spiro atoms. The molecule has 0 bridgehead atoms. The van der Waals surface area contributed by atoms with Crippen molar-refractivity contribution in [2.45, 2.75) is 19.9 Å². The molecule has 1 saturated heterocycles. The summed E-state index contributed by atoms with van der Waals surface area (Å²) in [6, 6.07) is 0.664. The van der Waals surface area contributed by atoms with Gasteiger partial charge in [0.05, 0.1) is 0 Å². The molecule has 0 aromatic rings. The molecule has 3 heteroatoms. The van der Waals surface area contributed by atoms with Crippen molar-refractivity contribution in [2.24, 2.45) is 0 Å². The third kappa shape index (κ3) is 3.26. The Labute approximate surface area is 92.5 Å². The number of hydrogen-bond donors (Lipinski definition) is 0. The van der Waals surface area contributed by atoms with Gasteiger partial charge in [0.2, 0.25) is 0 Å². The Balaban J connectivity index is 2.35. The van der Waals surface area contributed by atoms with E-state index < -0.39 is 0 Å². The molecular weight excluding hydrogens is 196 g/mol. The van der Waals surface area contributed by atoms with Crippen molar-refractivity contribution >= 4 is 11.6 Å². The number of piperazine rings is 1. The molecule has 1 unspecified atom stereocenters. The lowest BCUT2D eigenvalue weighted by Crippen LogP contribution is -2.51. The molecular formula is C11H21ClN2. The molecule has 0 aliphatic carbocycles. The molecule has 1 aliphatic heterocycles. The monoisotopic (exact) mass is 216 g/mol. The quantitative estimate of drug-likeness (QED) is 0.523. The van der Waals surface area contributed by atoms with Crippen molar-refractivity contribution in [2.75, 3.05) is 38.6 Å². The summed E-state index contributed by atoms with van der Waals surface area (Å²) in [4.78, 5) is 4.96. The number of rotatable bonds is 4. The maximum absolute atomic E-state index is 5.73. The van der Waals surface area contributed by atoms with E-state index in [1.807, 2.05) is 0 Å². The van der Waals surface area contributed by atoms with Crippen molar-refractivity contribution in [3.8, 4) is 0 Å². The first-order chi connectivity index (χ1) is 6.67. The van der Waals surface area contributed by atoms with E-state index in [-0.39, 0.29) is 0 Å². The van der Waals surface area contributed by atoms with E-state index in [9.17, 15) is 0 Å². The Bertz CT molecular complexity index is 194. The van der Waals surface area contributed by atoms with E-state index >= 15 is 0 Å². The lowest BCUT2D eigenvalue weighted by Gasteiger charge is -2.39. The molecule has 0 N–H and O–H groups in total. The highest BCUT2D eigenvalue weighted by Crippen LogP contribution is 2.10. The van der Waals surface area contributed by atoms with E-state index in [1.165, 1.54) is 6.54 Å². The van der Waals surface area contributed by atoms with Crippen molar-refractivity contribution in [1.29, 1.82) is 0 Å². The largest absolute Gasteiger partial charge is 0.298 e. The van der Waals surface area contributed by atoms with Gasteiger partial charge in [0, 0.05) is 38.1 Å². The molecule has 0 aromatic carbocycles. The Morgan fingerprint density at radius 1 is 1.50 bits per heavy atom. The molecule has 0 saturated carbocycles. The minimum atomic E-state index is 0.586. The summed E-state index contributed by atoms with van der Waals surface area (Å²) in [5.74, 6) is 0.586. The minimum absolute atomic E-state index is 0.586. The Morgan fingerprint density at radius 3 is 2.71 bits per heavy atom. The summed E-state index contributed by atoms with van der Waals surface area (Å²) in [6.45, 7) is 14.0. The summed E-state index contributed by atoms with van der Waals surface area (Å²) in [7, 11) is 0. The summed E-state index contributed by atoms with van der Waals surface area (Å²) in [5, 5.41) is 0. The Morgan fingerprint density at radius 2 is 2.21 bits per heavy atom. The van der Waals surface area contributed by atoms with Gasteiger partial charge in [0.25, 0.3) is 0 Å². The van der Waals surface area contributed by atoms with Gasteiger partial charge in [0.15, 0.2) is 0 Å². The first-order valence-corrected chi connectivity index (χ1v) is 5.89. The fourth-order valence-corrected chi connectivity index (χ4v) is 2.13. The smallest absolute Gasteiger partial charge is 0.0443 e. The molecule has 0 amide bonds. The minimum Gasteiger partial charge on any atom is -0.298 e. The molecule has 0 radical (unpaired) electrons. The normalized spacial score (nSPS) is 25.2. The molecule has 1 rings (SSSR count). The third-order valence-corrected chi connectivity index (χ3v) is 3.27. The van der Waals surface area contributed by atoms with Crippen LogP contribution in [0.1, 0.15) is 13.8 Å². The molecule has 0 aromatic heterocycles. The predicted octanol–water partition coefficient (Wildman–Crippen LogP) is 1.81. The van der Waals surface area contributed by atoms with Crippen molar-refractivity contribution in [1.82, 2.24) is 9.80 Å². The van der Waals surface area contributed by atoms with Gasteiger partial charge in [-0.2, -0.15) is 0 Å². The van der Waals surface area contributed by atoms with Crippen LogP contribution in [0, 0.1) is 0 Å². The van der Waals surface area contributed by atoms with Crippen LogP contribution in [0.3, 0.4) is 0 Å². The maximum Gasteiger partial charge on any atom is 0.0443 e. The molecule has 14 heavy (non-hydrogen) atoms. The van der Waals surface area contributed by atoms with Crippen LogP contribution in [-0.2, 0) is 0 Å². The van der Waals surface area contributed by atoms with Gasteiger partial charge in [-0.05, 0) is 19.0 Å². The van der Waals surface area contributed by atoms with Crippen LogP contribution in [-0.4, -0.2) is 54.4 Å². The number of nitrogens with zero attached hydrogens (tertiary/aromatic N) is 2. The van der Waals surface area contributed by atoms with Crippen LogP contribution in [0.5, 0.6) is 0 Å². The molecule has 1 aliphatic rings. The van der Waals surface area contributed by atoms with Gasteiger partial charge in [0.1, 0.15) is 0 Å². The molecule has 1 heterocycles. The second-order valence-electron chi connectivity index (χ2n) is 4.10. The topological polar surface area (TPSA) is 6.48 Å². The van der Waals surface area contributed by atoms with Crippen molar-refractivity contribution < 1.29 is 0 Å². The number of halogens is 1. The number of alkyl halides is 1. The number of likely N-dealkylation sites (N-methyl/N-ethyl adjacent to an activating group) is 1. The van der Waals surface area contributed by atoms with E-state index in [2.05, 4.69) is 30.2 Å². The SMILES string of the molecule is C=C(CCl)CN1CCN(CC)C(C)C1. The van der Waals surface area contributed by atoms with Gasteiger partial charge in [-0.25, -0.2) is 0 Å². The van der Waals surface area contributed by atoms with Gasteiger partial charge < -0.3 is 0 Å². The molecule has 1 atom stereocenters. The Kier molecular flexibility index (Phi) is 4.93. The van der Waals surface area contributed by atoms with E-state index in [0.29, 0.717) is 11.9 Å². The highest BCUT2D eigenvalue weighted by atomic mass is 35.5. The summed E-state index contributed by atoms with van der Waals surface area (Å²) in [6.07, 6.45) is 0. The zero-order chi connectivity index (χ0) is 10.6. The van der Waals surface area contributed by atoms with Crippen molar-refractivity contribution in [3.63, 3.8) is 0 Å². The van der Waals surface area contributed by atoms with Crippen LogP contribution in [0.4, 0.5) is 0 Å². The van der Waals surface area contributed by atoms with Gasteiger partial charge >= 0.3 is 0 Å². The highest BCUT2D eigenvalue weighted by Gasteiger charge is 2.21. The maximum atomic E-state index is 5.73. The van der Waals surface area contributed by atoms with Gasteiger partial charge in [-0.3, -0.25) is 9.80 Å². The van der Waals surface area contributed by atoms with E-state index in [1.54, 1.807) is 0 Å². The molecule has 2 nitrogen and oxygen atoms in total. The van der Waals surface area contributed by atoms with Crippen LogP contribution >= 0.6 is 11.6 Å². The second kappa shape index (κ2) is 5.74. The lowest BCUT2D eigenvalue weighted by atomic mass is 10.2. The Hall–Kier alpha value is -0.0500. The fraction of sp³-hybridized carbons (Fsp3) is 0.818. The average Bonchev–Trinajstić information content (AvgIpc) is 2.18. The van der Waals surface area contributed by atoms with Crippen molar-refractivity contribution in [3.05, 3.63) is 12.2 Å². The third-order valence-electron chi connectivity index (χ3n) is 2.89. The first-order valence-electron chi connectivity index (χ1n) is 5.36. The van der Waals surface area contributed by atoms with Crippen LogP contribution in [0.2, 0.25) is 0 Å². The average molecular weight is 217 g/mol. The molecule has 1 fully saturated rings. The lowest BCUT2D eigenvalue weighted by molar-refractivity contribution is 0.0946. The van der Waals surface area contributed by atoms with Gasteiger partial charge in [-0.1, -0.05) is 13.5 Å². The van der Waals surface area contributed by atoms with Crippen LogP contribution in [0.15, 0.2) is 12.2 Å². The summed E-state index contributed by atoms with van der Waals surface area (Å²) >= 11 is 5.73. The zero-order valence-corrected chi connectivity index (χ0v) is 10.1. The fourth-order valence-electron chi connectivity index (χ4n) is 2.04. The van der Waals surface area contributed by atoms with Crippen LogP contribution in [0.25, 0.3) is 0 Å². The second-order valence-corrected chi connectivity index (χ2v) is 4.36. The van der Waals surface area contributed by atoms with Crippen LogP contribution < -0.4 is 0 Å². The summed E-state index contributed by atoms with van der Waals surface area (Å²) in [5.41, 5.74) is 1.13. The first kappa shape index (κ1) is 12.0. The highest BCUT2D eigenvalue weighted by molar-refractivity contribution is 6.19. The zero-order valence-electron chi connectivity index (χ0n) is 9.30. The molecule has 82 valence electrons. The predicted molar refractivity (Wildman–Crippen MR) is 63.0 cm³/mol.